The van der Waals surface area contributed by atoms with Crippen LogP contribution in [-0.4, -0.2) is 23.7 Å². The van der Waals surface area contributed by atoms with Gasteiger partial charge in [0.2, 0.25) is 5.95 Å². The predicted molar refractivity (Wildman–Crippen MR) is 406 cm³/mol. The second-order valence-electron chi connectivity index (χ2n) is 27.2. The largest absolute Gasteiger partial charge is 0.456 e. The highest BCUT2D eigenvalue weighted by Gasteiger charge is 2.37. The molecule has 0 atom stereocenters. The van der Waals surface area contributed by atoms with Gasteiger partial charge in [-0.25, -0.2) is 4.98 Å². The molecule has 8 nitrogen and oxygen atoms in total. The summed E-state index contributed by atoms with van der Waals surface area (Å²) in [4.78, 5) is 11.5. The summed E-state index contributed by atoms with van der Waals surface area (Å²) in [5.41, 5.74) is 26.2. The SMILES string of the molecule is CC1(C)c2cc(-c3cc(-n4c5ccccc5c5cc(-c6ccc7oc8ccccc8c7c6)ccc54)nc(-n4c5ccccc5c5cc(-c6ccc7oc8ccccc8c7c6)ccc54)n3)ccc2-c2ccc(-n3c4ccccc4c4cc(-c5ccc6oc7ccccc7c6c5)ccc43)cc21. The fraction of sp³-hybridized carbons (Fsp3) is 0.0330. The highest BCUT2D eigenvalue weighted by atomic mass is 16.3. The Balaban J connectivity index is 0.697. The molecule has 462 valence electrons. The van der Waals surface area contributed by atoms with Gasteiger partial charge in [-0.15, -0.1) is 0 Å². The fourth-order valence-corrected chi connectivity index (χ4v) is 16.7. The molecule has 21 aromatic rings. The van der Waals surface area contributed by atoms with Crippen molar-refractivity contribution in [1.29, 1.82) is 0 Å². The molecule has 22 rings (SSSR count). The predicted octanol–water partition coefficient (Wildman–Crippen LogP) is 24.4. The number of hydrogen-bond acceptors (Lipinski definition) is 5. The second kappa shape index (κ2) is 20.0. The van der Waals surface area contributed by atoms with Crippen LogP contribution in [0.25, 0.3) is 204 Å². The lowest BCUT2D eigenvalue weighted by Gasteiger charge is -2.23. The minimum Gasteiger partial charge on any atom is -0.456 e. The Labute approximate surface area is 565 Å². The molecule has 0 saturated heterocycles. The Morgan fingerprint density at radius 1 is 0.253 bits per heavy atom. The van der Waals surface area contributed by atoms with E-state index in [2.05, 4.69) is 288 Å². The number of furan rings is 3. The summed E-state index contributed by atoms with van der Waals surface area (Å²) in [7, 11) is 0. The standard InChI is InChI=1S/C91H55N5O3/c1-91(2)74-49-58(27-35-60(74)61-36-34-59(50-75(61)91)94-77-21-9-3-15-62(77)68-43-52(28-37-80(68)94)55-31-40-86-71(46-55)65-18-6-12-24-83(65)97-86)76-51-89(95-78-22-10-4-16-63(78)69-44-53(29-38-81(69)95)56-32-41-87-72(47-56)66-19-7-13-25-84(66)98-87)93-90(92-76)96-79-23-11-5-17-64(79)70-45-54(30-39-82(70)96)57-33-42-88-73(48-57)67-20-8-14-26-85(67)99-88/h3-51H,1-2H3. The molecule has 99 heavy (non-hydrogen) atoms. The maximum absolute atomic E-state index is 6.28. The number of nitrogens with zero attached hydrogens (tertiary/aromatic N) is 5. The summed E-state index contributed by atoms with van der Waals surface area (Å²) >= 11 is 0. The maximum Gasteiger partial charge on any atom is 0.237 e. The maximum atomic E-state index is 6.28. The zero-order chi connectivity index (χ0) is 64.9. The lowest BCUT2D eigenvalue weighted by molar-refractivity contribution is 0.660. The van der Waals surface area contributed by atoms with Crippen molar-refractivity contribution in [2.24, 2.45) is 0 Å². The number of hydrogen-bond donors (Lipinski definition) is 0. The average Bonchev–Trinajstić information content (AvgIpc) is 1.57. The summed E-state index contributed by atoms with van der Waals surface area (Å²) < 4.78 is 25.9. The van der Waals surface area contributed by atoms with Crippen molar-refractivity contribution in [1.82, 2.24) is 23.7 Å². The average molecular weight is 1270 g/mol. The molecule has 0 N–H and O–H groups in total. The summed E-state index contributed by atoms with van der Waals surface area (Å²) in [5, 5.41) is 13.6. The molecule has 7 heterocycles. The van der Waals surface area contributed by atoms with Gasteiger partial charge in [0.25, 0.3) is 0 Å². The third-order valence-corrected chi connectivity index (χ3v) is 21.5. The van der Waals surface area contributed by atoms with Gasteiger partial charge in [-0.3, -0.25) is 9.13 Å². The van der Waals surface area contributed by atoms with Gasteiger partial charge in [-0.05, 0) is 183 Å². The molecule has 0 fully saturated rings. The van der Waals surface area contributed by atoms with Gasteiger partial charge in [-0.1, -0.05) is 178 Å². The van der Waals surface area contributed by atoms with Crippen LogP contribution in [0.1, 0.15) is 25.0 Å². The molecule has 7 aromatic heterocycles. The number of fused-ring (bicyclic) bond motifs is 21. The van der Waals surface area contributed by atoms with Crippen LogP contribution in [0.5, 0.6) is 0 Å². The summed E-state index contributed by atoms with van der Waals surface area (Å²) in [6, 6.07) is 108. The van der Waals surface area contributed by atoms with Crippen molar-refractivity contribution >= 4 is 131 Å². The van der Waals surface area contributed by atoms with Gasteiger partial charge in [0.1, 0.15) is 39.3 Å². The van der Waals surface area contributed by atoms with E-state index >= 15 is 0 Å². The lowest BCUT2D eigenvalue weighted by atomic mass is 9.81. The number of para-hydroxylation sites is 6. The van der Waals surface area contributed by atoms with Crippen LogP contribution in [0, 0.1) is 0 Å². The van der Waals surface area contributed by atoms with Crippen molar-refractivity contribution in [3.63, 3.8) is 0 Å². The van der Waals surface area contributed by atoms with E-state index in [9.17, 15) is 0 Å². The van der Waals surface area contributed by atoms with Crippen LogP contribution in [-0.2, 0) is 5.41 Å². The zero-order valence-electron chi connectivity index (χ0n) is 53.8. The van der Waals surface area contributed by atoms with Gasteiger partial charge in [0, 0.05) is 87.4 Å². The molecular weight excluding hydrogens is 1210 g/mol. The van der Waals surface area contributed by atoms with Gasteiger partial charge in [-0.2, -0.15) is 4.98 Å². The van der Waals surface area contributed by atoms with Crippen LogP contribution in [0.15, 0.2) is 311 Å². The van der Waals surface area contributed by atoms with E-state index in [1.165, 1.54) is 44.1 Å². The first-order chi connectivity index (χ1) is 48.8. The molecule has 8 heteroatoms. The molecule has 0 bridgehead atoms. The minimum absolute atomic E-state index is 0.378. The van der Waals surface area contributed by atoms with Crippen molar-refractivity contribution in [2.75, 3.05) is 0 Å². The Morgan fingerprint density at radius 3 is 1.08 bits per heavy atom. The molecule has 14 aromatic carbocycles. The fourth-order valence-electron chi connectivity index (χ4n) is 16.7. The molecular formula is C91H55N5O3. The third-order valence-electron chi connectivity index (χ3n) is 21.5. The van der Waals surface area contributed by atoms with E-state index in [1.807, 2.05) is 36.4 Å². The summed E-state index contributed by atoms with van der Waals surface area (Å²) in [6.45, 7) is 4.76. The Kier molecular flexibility index (Phi) is 11.0. The molecule has 0 saturated carbocycles. The number of rotatable bonds is 7. The Bertz CT molecular complexity index is 6850. The smallest absolute Gasteiger partial charge is 0.237 e. The van der Waals surface area contributed by atoms with E-state index in [4.69, 9.17) is 23.2 Å². The van der Waals surface area contributed by atoms with Crippen molar-refractivity contribution in [2.45, 2.75) is 19.3 Å². The highest BCUT2D eigenvalue weighted by molar-refractivity contribution is 6.15. The Morgan fingerprint density at radius 2 is 0.596 bits per heavy atom. The monoisotopic (exact) mass is 1270 g/mol. The van der Waals surface area contributed by atoms with Crippen molar-refractivity contribution in [3.8, 4) is 73.2 Å². The molecule has 0 amide bonds. The van der Waals surface area contributed by atoms with Crippen LogP contribution < -0.4 is 0 Å². The van der Waals surface area contributed by atoms with E-state index in [0.29, 0.717) is 5.95 Å². The van der Waals surface area contributed by atoms with Gasteiger partial charge < -0.3 is 17.8 Å². The normalized spacial score (nSPS) is 13.0. The van der Waals surface area contributed by atoms with Gasteiger partial charge >= 0.3 is 0 Å². The first-order valence-electron chi connectivity index (χ1n) is 33.8. The van der Waals surface area contributed by atoms with Crippen molar-refractivity contribution in [3.05, 3.63) is 308 Å². The van der Waals surface area contributed by atoms with Gasteiger partial charge in [0.05, 0.1) is 38.8 Å². The summed E-state index contributed by atoms with van der Waals surface area (Å²) in [5.74, 6) is 1.34. The van der Waals surface area contributed by atoms with E-state index in [1.54, 1.807) is 0 Å². The number of aromatic nitrogens is 5. The summed E-state index contributed by atoms with van der Waals surface area (Å²) in [6.07, 6.45) is 0. The molecule has 1 aliphatic carbocycles. The quantitative estimate of drug-likeness (QED) is 0.159. The number of benzene rings is 14. The molecule has 1 aliphatic rings. The van der Waals surface area contributed by atoms with E-state index < -0.39 is 0 Å². The first kappa shape index (κ1) is 54.2. The minimum atomic E-state index is -0.378. The van der Waals surface area contributed by atoms with E-state index in [-0.39, 0.29) is 5.41 Å². The third kappa shape index (κ3) is 7.85. The van der Waals surface area contributed by atoms with E-state index in [0.717, 1.165) is 166 Å². The van der Waals surface area contributed by atoms with Crippen LogP contribution in [0.2, 0.25) is 0 Å². The topological polar surface area (TPSA) is 80.0 Å². The van der Waals surface area contributed by atoms with Gasteiger partial charge in [0.15, 0.2) is 0 Å². The molecule has 0 aliphatic heterocycles. The zero-order valence-corrected chi connectivity index (χ0v) is 53.8. The van der Waals surface area contributed by atoms with Crippen LogP contribution in [0.3, 0.4) is 0 Å². The lowest BCUT2D eigenvalue weighted by Crippen LogP contribution is -2.15. The van der Waals surface area contributed by atoms with Crippen LogP contribution in [0.4, 0.5) is 0 Å². The first-order valence-corrected chi connectivity index (χ1v) is 33.8. The highest BCUT2D eigenvalue weighted by Crippen LogP contribution is 2.52. The molecule has 0 unspecified atom stereocenters. The Hall–Kier alpha value is -13.0. The molecule has 0 radical (unpaired) electrons. The van der Waals surface area contributed by atoms with Crippen LogP contribution >= 0.6 is 0 Å². The van der Waals surface area contributed by atoms with Crippen molar-refractivity contribution < 1.29 is 13.3 Å². The second-order valence-corrected chi connectivity index (χ2v) is 27.2. The molecule has 0 spiro atoms.